The molecule has 0 amide bonds. The van der Waals surface area contributed by atoms with Crippen molar-refractivity contribution in [2.45, 2.75) is 19.6 Å². The maximum atomic E-state index is 6.15. The third-order valence-corrected chi connectivity index (χ3v) is 4.71. The SMILES string of the molecule is C#Cc1nc(Cl)c2c([Si](C)(C)C)c[nH]c2n1. The van der Waals surface area contributed by atoms with Gasteiger partial charge in [-0.1, -0.05) is 31.2 Å². The highest BCUT2D eigenvalue weighted by Gasteiger charge is 2.23. The predicted octanol–water partition coefficient (Wildman–Crippen LogP) is 2.14. The molecule has 0 aliphatic carbocycles. The summed E-state index contributed by atoms with van der Waals surface area (Å²) < 4.78 is 0. The number of nitrogens with zero attached hydrogens (tertiary/aromatic N) is 2. The lowest BCUT2D eigenvalue weighted by Gasteiger charge is -2.14. The van der Waals surface area contributed by atoms with Crippen LogP contribution in [0.15, 0.2) is 6.20 Å². The largest absolute Gasteiger partial charge is 0.346 e. The molecule has 0 aliphatic rings. The number of fused-ring (bicyclic) bond motifs is 1. The third kappa shape index (κ3) is 1.73. The molecule has 0 unspecified atom stereocenters. The van der Waals surface area contributed by atoms with Crippen LogP contribution >= 0.6 is 11.6 Å². The molecule has 0 spiro atoms. The highest BCUT2D eigenvalue weighted by Crippen LogP contribution is 2.20. The number of hydrogen-bond donors (Lipinski definition) is 1. The Bertz CT molecular complexity index is 590. The fraction of sp³-hybridized carbons (Fsp3) is 0.273. The minimum atomic E-state index is -1.45. The lowest BCUT2D eigenvalue weighted by Crippen LogP contribution is -2.37. The highest BCUT2D eigenvalue weighted by molar-refractivity contribution is 6.90. The van der Waals surface area contributed by atoms with Gasteiger partial charge < -0.3 is 4.98 Å². The molecule has 0 fully saturated rings. The average molecular weight is 250 g/mol. The van der Waals surface area contributed by atoms with Gasteiger partial charge in [0, 0.05) is 6.20 Å². The van der Waals surface area contributed by atoms with Crippen molar-refractivity contribution in [3.8, 4) is 12.3 Å². The second-order valence-corrected chi connectivity index (χ2v) is 10.1. The number of rotatable bonds is 1. The monoisotopic (exact) mass is 249 g/mol. The van der Waals surface area contributed by atoms with E-state index in [0.717, 1.165) is 11.0 Å². The van der Waals surface area contributed by atoms with Crippen molar-refractivity contribution in [1.29, 1.82) is 0 Å². The first-order valence-electron chi connectivity index (χ1n) is 4.95. The quantitative estimate of drug-likeness (QED) is 0.478. The molecular formula is C11H12ClN3Si. The molecule has 0 bridgehead atoms. The summed E-state index contributed by atoms with van der Waals surface area (Å²) in [5, 5.41) is 2.59. The lowest BCUT2D eigenvalue weighted by atomic mass is 10.4. The summed E-state index contributed by atoms with van der Waals surface area (Å²) in [6.45, 7) is 6.75. The number of aromatic nitrogens is 3. The molecule has 3 nitrogen and oxygen atoms in total. The average Bonchev–Trinajstić information content (AvgIpc) is 2.60. The molecule has 0 aliphatic heterocycles. The fourth-order valence-corrected chi connectivity index (χ4v) is 3.49. The van der Waals surface area contributed by atoms with E-state index in [2.05, 4.69) is 40.5 Å². The van der Waals surface area contributed by atoms with Gasteiger partial charge in [-0.15, -0.1) is 6.42 Å². The first kappa shape index (κ1) is 11.2. The Hall–Kier alpha value is -1.31. The van der Waals surface area contributed by atoms with Crippen molar-refractivity contribution in [3.63, 3.8) is 0 Å². The fourth-order valence-electron chi connectivity index (χ4n) is 1.65. The molecule has 16 heavy (non-hydrogen) atoms. The Labute approximate surface area is 100 Å². The number of terminal acetylenes is 1. The summed E-state index contributed by atoms with van der Waals surface area (Å²) in [4.78, 5) is 11.4. The summed E-state index contributed by atoms with van der Waals surface area (Å²) in [6.07, 6.45) is 7.23. The molecule has 2 heterocycles. The van der Waals surface area contributed by atoms with E-state index in [9.17, 15) is 0 Å². The first-order chi connectivity index (χ1) is 7.43. The normalized spacial score (nSPS) is 11.7. The van der Waals surface area contributed by atoms with Crippen LogP contribution in [0.4, 0.5) is 0 Å². The summed E-state index contributed by atoms with van der Waals surface area (Å²) >= 11 is 6.15. The topological polar surface area (TPSA) is 41.6 Å². The van der Waals surface area contributed by atoms with Gasteiger partial charge in [0.25, 0.3) is 0 Å². The highest BCUT2D eigenvalue weighted by atomic mass is 35.5. The van der Waals surface area contributed by atoms with Crippen LogP contribution < -0.4 is 5.19 Å². The molecule has 0 saturated carbocycles. The van der Waals surface area contributed by atoms with Gasteiger partial charge in [-0.3, -0.25) is 0 Å². The Balaban J connectivity index is 2.80. The molecule has 5 heteroatoms. The Morgan fingerprint density at radius 2 is 2.06 bits per heavy atom. The molecule has 82 valence electrons. The number of hydrogen-bond acceptors (Lipinski definition) is 2. The zero-order valence-corrected chi connectivity index (χ0v) is 11.2. The molecule has 0 saturated heterocycles. The summed E-state index contributed by atoms with van der Waals surface area (Å²) in [5.74, 6) is 2.71. The van der Waals surface area contributed by atoms with E-state index < -0.39 is 8.07 Å². The van der Waals surface area contributed by atoms with E-state index in [1.54, 1.807) is 0 Å². The van der Waals surface area contributed by atoms with E-state index in [0.29, 0.717) is 11.0 Å². The van der Waals surface area contributed by atoms with E-state index in [1.165, 1.54) is 5.19 Å². The number of nitrogens with one attached hydrogen (secondary N) is 1. The first-order valence-corrected chi connectivity index (χ1v) is 8.83. The molecule has 0 atom stereocenters. The van der Waals surface area contributed by atoms with E-state index in [4.69, 9.17) is 18.0 Å². The van der Waals surface area contributed by atoms with Gasteiger partial charge in [0.1, 0.15) is 10.8 Å². The van der Waals surface area contributed by atoms with Crippen LogP contribution in [-0.4, -0.2) is 23.0 Å². The Kier molecular flexibility index (Phi) is 2.53. The summed E-state index contributed by atoms with van der Waals surface area (Å²) in [7, 11) is -1.45. The molecule has 2 aromatic heterocycles. The van der Waals surface area contributed by atoms with Crippen LogP contribution in [0.25, 0.3) is 11.0 Å². The van der Waals surface area contributed by atoms with Gasteiger partial charge in [-0.2, -0.15) is 0 Å². The molecule has 2 aromatic rings. The maximum Gasteiger partial charge on any atom is 0.208 e. The van der Waals surface area contributed by atoms with Crippen LogP contribution in [0, 0.1) is 12.3 Å². The van der Waals surface area contributed by atoms with Gasteiger partial charge in [-0.25, -0.2) is 9.97 Å². The zero-order valence-electron chi connectivity index (χ0n) is 9.43. The van der Waals surface area contributed by atoms with Crippen LogP contribution in [0.1, 0.15) is 5.82 Å². The molecule has 2 rings (SSSR count). The van der Waals surface area contributed by atoms with Crippen molar-refractivity contribution < 1.29 is 0 Å². The standard InChI is InChI=1S/C11H12ClN3Si/c1-5-8-14-10(12)9-7(16(2,3)4)6-13-11(9)15-8/h1,6H,2-4H3,(H,13,14,15). The number of H-pyrrole nitrogens is 1. The number of aromatic amines is 1. The van der Waals surface area contributed by atoms with E-state index in [1.807, 2.05) is 6.20 Å². The summed E-state index contributed by atoms with van der Waals surface area (Å²) in [5.41, 5.74) is 0.727. The molecule has 1 N–H and O–H groups in total. The molecular weight excluding hydrogens is 238 g/mol. The smallest absolute Gasteiger partial charge is 0.208 e. The maximum absolute atomic E-state index is 6.15. The van der Waals surface area contributed by atoms with Crippen LogP contribution in [0.3, 0.4) is 0 Å². The van der Waals surface area contributed by atoms with Crippen LogP contribution in [0.5, 0.6) is 0 Å². The molecule has 0 aromatic carbocycles. The van der Waals surface area contributed by atoms with Gasteiger partial charge in [-0.05, 0) is 11.1 Å². The minimum absolute atomic E-state index is 0.321. The van der Waals surface area contributed by atoms with E-state index >= 15 is 0 Å². The van der Waals surface area contributed by atoms with Crippen molar-refractivity contribution in [2.75, 3.05) is 0 Å². The second kappa shape index (κ2) is 3.61. The van der Waals surface area contributed by atoms with Crippen molar-refractivity contribution in [2.24, 2.45) is 0 Å². The van der Waals surface area contributed by atoms with Gasteiger partial charge >= 0.3 is 0 Å². The molecule has 0 radical (unpaired) electrons. The zero-order chi connectivity index (χ0) is 11.9. The van der Waals surface area contributed by atoms with Crippen LogP contribution in [0.2, 0.25) is 24.8 Å². The van der Waals surface area contributed by atoms with Gasteiger partial charge in [0.15, 0.2) is 0 Å². The van der Waals surface area contributed by atoms with E-state index in [-0.39, 0.29) is 0 Å². The Morgan fingerprint density at radius 3 is 2.62 bits per heavy atom. The second-order valence-electron chi connectivity index (χ2n) is 4.66. The van der Waals surface area contributed by atoms with Crippen molar-refractivity contribution in [3.05, 3.63) is 17.2 Å². The third-order valence-electron chi connectivity index (χ3n) is 2.42. The van der Waals surface area contributed by atoms with Gasteiger partial charge in [0.2, 0.25) is 5.82 Å². The lowest BCUT2D eigenvalue weighted by molar-refractivity contribution is 1.16. The van der Waals surface area contributed by atoms with Crippen LogP contribution in [-0.2, 0) is 0 Å². The predicted molar refractivity (Wildman–Crippen MR) is 69.8 cm³/mol. The van der Waals surface area contributed by atoms with Crippen molar-refractivity contribution >= 4 is 35.9 Å². The van der Waals surface area contributed by atoms with Crippen molar-refractivity contribution in [1.82, 2.24) is 15.0 Å². The summed E-state index contributed by atoms with van der Waals surface area (Å²) in [6, 6.07) is 0. The Morgan fingerprint density at radius 1 is 1.38 bits per heavy atom. The minimum Gasteiger partial charge on any atom is -0.346 e. The number of halogens is 1. The van der Waals surface area contributed by atoms with Gasteiger partial charge in [0.05, 0.1) is 13.5 Å².